The molecule has 1 N–H and O–H groups in total. The van der Waals surface area contributed by atoms with E-state index in [2.05, 4.69) is 31.1 Å². The zero-order valence-corrected chi connectivity index (χ0v) is 14.1. The molecule has 5 nitrogen and oxygen atoms in total. The van der Waals surface area contributed by atoms with Crippen molar-refractivity contribution < 1.29 is 9.53 Å². The first-order chi connectivity index (χ1) is 9.97. The Morgan fingerprint density at radius 1 is 1.62 bits per heavy atom. The smallest absolute Gasteiger partial charge is 0.318 e. The quantitative estimate of drug-likeness (QED) is 0.929. The second-order valence-electron chi connectivity index (χ2n) is 5.81. The van der Waals surface area contributed by atoms with E-state index in [0.29, 0.717) is 19.7 Å². The molecule has 0 radical (unpaired) electrons. The van der Waals surface area contributed by atoms with Gasteiger partial charge in [0, 0.05) is 17.6 Å². The normalized spacial score (nSPS) is 23.9. The van der Waals surface area contributed by atoms with Crippen LogP contribution in [-0.2, 0) is 4.74 Å². The van der Waals surface area contributed by atoms with Gasteiger partial charge in [0.05, 0.1) is 24.8 Å². The standard InChI is InChI=1S/C15H25N3O2S/c1-5-12(13-16-11(3)9-21-13)17-14(19)18-7-8-20-15(4,6-2)10-18/h9,12H,5-8,10H2,1-4H3,(H,17,19)/t12-,15+/m0/s1. The van der Waals surface area contributed by atoms with E-state index in [1.165, 1.54) is 0 Å². The Bertz CT molecular complexity index is 491. The van der Waals surface area contributed by atoms with Crippen molar-refractivity contribution in [2.24, 2.45) is 0 Å². The fourth-order valence-corrected chi connectivity index (χ4v) is 3.36. The van der Waals surface area contributed by atoms with E-state index in [1.54, 1.807) is 11.3 Å². The molecular weight excluding hydrogens is 286 g/mol. The lowest BCUT2D eigenvalue weighted by molar-refractivity contribution is -0.0874. The van der Waals surface area contributed by atoms with Gasteiger partial charge in [-0.1, -0.05) is 13.8 Å². The van der Waals surface area contributed by atoms with Gasteiger partial charge in [-0.3, -0.25) is 0 Å². The SMILES string of the molecule is CC[C@H](NC(=O)N1CCO[C@](C)(CC)C1)c1nc(C)cs1. The van der Waals surface area contributed by atoms with E-state index < -0.39 is 0 Å². The van der Waals surface area contributed by atoms with Gasteiger partial charge in [0.1, 0.15) is 5.01 Å². The number of rotatable bonds is 4. The Morgan fingerprint density at radius 3 is 2.95 bits per heavy atom. The summed E-state index contributed by atoms with van der Waals surface area (Å²) in [6.07, 6.45) is 1.74. The minimum atomic E-state index is -0.227. The Morgan fingerprint density at radius 2 is 2.38 bits per heavy atom. The first kappa shape index (κ1) is 16.2. The molecule has 0 aliphatic carbocycles. The van der Waals surface area contributed by atoms with Gasteiger partial charge in [0.2, 0.25) is 0 Å². The van der Waals surface area contributed by atoms with Gasteiger partial charge in [-0.05, 0) is 26.7 Å². The molecule has 1 aromatic rings. The van der Waals surface area contributed by atoms with Crippen LogP contribution < -0.4 is 5.32 Å². The van der Waals surface area contributed by atoms with Gasteiger partial charge in [-0.15, -0.1) is 11.3 Å². The highest BCUT2D eigenvalue weighted by atomic mass is 32.1. The number of morpholine rings is 1. The average Bonchev–Trinajstić information content (AvgIpc) is 2.91. The summed E-state index contributed by atoms with van der Waals surface area (Å²) in [7, 11) is 0. The van der Waals surface area contributed by atoms with Crippen molar-refractivity contribution in [1.82, 2.24) is 15.2 Å². The molecule has 1 aromatic heterocycles. The predicted molar refractivity (Wildman–Crippen MR) is 84.6 cm³/mol. The lowest BCUT2D eigenvalue weighted by Gasteiger charge is -2.40. The van der Waals surface area contributed by atoms with Gasteiger partial charge >= 0.3 is 6.03 Å². The summed E-state index contributed by atoms with van der Waals surface area (Å²) in [5, 5.41) is 6.11. The number of nitrogens with one attached hydrogen (secondary N) is 1. The summed E-state index contributed by atoms with van der Waals surface area (Å²) in [6, 6.07) is -0.0235. The number of carbonyl (C=O) groups is 1. The van der Waals surface area contributed by atoms with E-state index >= 15 is 0 Å². The molecule has 2 atom stereocenters. The molecular formula is C15H25N3O2S. The van der Waals surface area contributed by atoms with Crippen molar-refractivity contribution in [3.8, 4) is 0 Å². The number of urea groups is 1. The van der Waals surface area contributed by atoms with Crippen molar-refractivity contribution in [3.05, 3.63) is 16.1 Å². The molecule has 2 heterocycles. The van der Waals surface area contributed by atoms with E-state index in [0.717, 1.165) is 23.5 Å². The number of thiazole rings is 1. The number of nitrogens with zero attached hydrogens (tertiary/aromatic N) is 2. The van der Waals surface area contributed by atoms with Crippen molar-refractivity contribution >= 4 is 17.4 Å². The van der Waals surface area contributed by atoms with Crippen LogP contribution in [0, 0.1) is 6.92 Å². The fraction of sp³-hybridized carbons (Fsp3) is 0.733. The minimum Gasteiger partial charge on any atom is -0.372 e. The molecule has 2 rings (SSSR count). The van der Waals surface area contributed by atoms with E-state index in [4.69, 9.17) is 4.74 Å². The Labute approximate surface area is 130 Å². The summed E-state index contributed by atoms with van der Waals surface area (Å²) >= 11 is 1.61. The zero-order chi connectivity index (χ0) is 15.5. The number of hydrogen-bond acceptors (Lipinski definition) is 4. The summed E-state index contributed by atoms with van der Waals surface area (Å²) < 4.78 is 5.78. The number of aryl methyl sites for hydroxylation is 1. The largest absolute Gasteiger partial charge is 0.372 e. The van der Waals surface area contributed by atoms with Crippen LogP contribution in [0.25, 0.3) is 0 Å². The Kier molecular flexibility index (Phi) is 5.22. The number of hydrogen-bond donors (Lipinski definition) is 1. The van der Waals surface area contributed by atoms with Gasteiger partial charge in [-0.25, -0.2) is 9.78 Å². The fourth-order valence-electron chi connectivity index (χ4n) is 2.43. The van der Waals surface area contributed by atoms with Crippen LogP contribution in [0.15, 0.2) is 5.38 Å². The summed E-state index contributed by atoms with van der Waals surface area (Å²) in [5.41, 5.74) is 0.780. The van der Waals surface area contributed by atoms with Crippen molar-refractivity contribution in [2.75, 3.05) is 19.7 Å². The summed E-state index contributed by atoms with van der Waals surface area (Å²) in [5.74, 6) is 0. The predicted octanol–water partition coefficient (Wildman–Crippen LogP) is 3.11. The molecule has 1 saturated heterocycles. The summed E-state index contributed by atoms with van der Waals surface area (Å²) in [4.78, 5) is 18.8. The molecule has 0 unspecified atom stereocenters. The lowest BCUT2D eigenvalue weighted by Crippen LogP contribution is -2.54. The monoisotopic (exact) mass is 311 g/mol. The Hall–Kier alpha value is -1.14. The molecule has 0 saturated carbocycles. The molecule has 1 aliphatic heterocycles. The molecule has 0 bridgehead atoms. The van der Waals surface area contributed by atoms with Gasteiger partial charge < -0.3 is 15.0 Å². The second kappa shape index (κ2) is 6.75. The number of amides is 2. The van der Waals surface area contributed by atoms with Crippen LogP contribution in [0.4, 0.5) is 4.79 Å². The van der Waals surface area contributed by atoms with Crippen LogP contribution >= 0.6 is 11.3 Å². The van der Waals surface area contributed by atoms with Crippen LogP contribution in [-0.4, -0.2) is 41.2 Å². The zero-order valence-electron chi connectivity index (χ0n) is 13.3. The van der Waals surface area contributed by atoms with Crippen molar-refractivity contribution in [2.45, 2.75) is 52.2 Å². The molecule has 1 aliphatic rings. The van der Waals surface area contributed by atoms with Gasteiger partial charge in [0.15, 0.2) is 0 Å². The third-order valence-corrected chi connectivity index (χ3v) is 5.09. The molecule has 6 heteroatoms. The minimum absolute atomic E-state index is 0.00747. The summed E-state index contributed by atoms with van der Waals surface area (Å²) in [6.45, 7) is 10.1. The van der Waals surface area contributed by atoms with E-state index in [1.807, 2.05) is 17.2 Å². The molecule has 118 valence electrons. The number of aromatic nitrogens is 1. The Balaban J connectivity index is 1.99. The third-order valence-electron chi connectivity index (χ3n) is 4.01. The van der Waals surface area contributed by atoms with Crippen LogP contribution in [0.2, 0.25) is 0 Å². The second-order valence-corrected chi connectivity index (χ2v) is 6.70. The maximum atomic E-state index is 12.5. The van der Waals surface area contributed by atoms with Gasteiger partial charge in [-0.2, -0.15) is 0 Å². The average molecular weight is 311 g/mol. The maximum Gasteiger partial charge on any atom is 0.318 e. The van der Waals surface area contributed by atoms with E-state index in [-0.39, 0.29) is 17.7 Å². The topological polar surface area (TPSA) is 54.5 Å². The van der Waals surface area contributed by atoms with Gasteiger partial charge in [0.25, 0.3) is 0 Å². The molecule has 21 heavy (non-hydrogen) atoms. The first-order valence-electron chi connectivity index (χ1n) is 7.59. The van der Waals surface area contributed by atoms with Crippen molar-refractivity contribution in [3.63, 3.8) is 0 Å². The van der Waals surface area contributed by atoms with Crippen LogP contribution in [0.3, 0.4) is 0 Å². The lowest BCUT2D eigenvalue weighted by atomic mass is 10.0. The van der Waals surface area contributed by atoms with Crippen LogP contribution in [0.1, 0.15) is 50.4 Å². The molecule has 0 spiro atoms. The number of ether oxygens (including phenoxy) is 1. The van der Waals surface area contributed by atoms with Crippen LogP contribution in [0.5, 0.6) is 0 Å². The highest BCUT2D eigenvalue weighted by molar-refractivity contribution is 7.09. The molecule has 2 amide bonds. The third kappa shape index (κ3) is 3.95. The van der Waals surface area contributed by atoms with E-state index in [9.17, 15) is 4.79 Å². The van der Waals surface area contributed by atoms with Crippen molar-refractivity contribution in [1.29, 1.82) is 0 Å². The number of carbonyl (C=O) groups excluding carboxylic acids is 1. The first-order valence-corrected chi connectivity index (χ1v) is 8.47. The highest BCUT2D eigenvalue weighted by Gasteiger charge is 2.33. The maximum absolute atomic E-state index is 12.5. The molecule has 1 fully saturated rings. The molecule has 0 aromatic carbocycles. The highest BCUT2D eigenvalue weighted by Crippen LogP contribution is 2.23.